The fraction of sp³-hybridized carbons (Fsp3) is 0.429. The van der Waals surface area contributed by atoms with Crippen molar-refractivity contribution < 1.29 is 9.53 Å². The SMILES string of the molecule is Cc1cc(OC(C)C(=O)Nc2sc3c(c2C#N)CCC(C)C3)cc(C)c1Cl. The lowest BCUT2D eigenvalue weighted by Crippen LogP contribution is -2.30. The maximum Gasteiger partial charge on any atom is 0.265 e. The predicted molar refractivity (Wildman–Crippen MR) is 110 cm³/mol. The van der Waals surface area contributed by atoms with Gasteiger partial charge in [0.2, 0.25) is 0 Å². The topological polar surface area (TPSA) is 62.1 Å². The average molecular weight is 403 g/mol. The van der Waals surface area contributed by atoms with Gasteiger partial charge in [-0.2, -0.15) is 5.26 Å². The number of benzene rings is 1. The summed E-state index contributed by atoms with van der Waals surface area (Å²) >= 11 is 7.71. The van der Waals surface area contributed by atoms with Crippen LogP contribution in [0.2, 0.25) is 5.02 Å². The van der Waals surface area contributed by atoms with Crippen LogP contribution in [0.25, 0.3) is 0 Å². The van der Waals surface area contributed by atoms with Crippen LogP contribution < -0.4 is 10.1 Å². The summed E-state index contributed by atoms with van der Waals surface area (Å²) in [5.41, 5.74) is 3.53. The summed E-state index contributed by atoms with van der Waals surface area (Å²) in [6, 6.07) is 5.92. The summed E-state index contributed by atoms with van der Waals surface area (Å²) in [5, 5.41) is 13.8. The minimum Gasteiger partial charge on any atom is -0.481 e. The number of fused-ring (bicyclic) bond motifs is 1. The van der Waals surface area contributed by atoms with Crippen LogP contribution in [-0.2, 0) is 17.6 Å². The molecule has 4 nitrogen and oxygen atoms in total. The van der Waals surface area contributed by atoms with Crippen LogP contribution in [0.5, 0.6) is 5.75 Å². The minimum absolute atomic E-state index is 0.261. The van der Waals surface area contributed by atoms with E-state index in [1.165, 1.54) is 16.2 Å². The Morgan fingerprint density at radius 1 is 1.41 bits per heavy atom. The van der Waals surface area contributed by atoms with Crippen molar-refractivity contribution in [2.24, 2.45) is 5.92 Å². The summed E-state index contributed by atoms with van der Waals surface area (Å²) in [6.07, 6.45) is 2.27. The van der Waals surface area contributed by atoms with Crippen LogP contribution in [0, 0.1) is 31.1 Å². The van der Waals surface area contributed by atoms with Crippen LogP contribution >= 0.6 is 22.9 Å². The molecule has 1 heterocycles. The third kappa shape index (κ3) is 4.12. The highest BCUT2D eigenvalue weighted by Gasteiger charge is 2.26. The van der Waals surface area contributed by atoms with Gasteiger partial charge in [-0.25, -0.2) is 0 Å². The molecule has 2 unspecified atom stereocenters. The van der Waals surface area contributed by atoms with Gasteiger partial charge >= 0.3 is 0 Å². The number of nitrogens with zero attached hydrogens (tertiary/aromatic N) is 1. The van der Waals surface area contributed by atoms with Crippen LogP contribution in [0.3, 0.4) is 0 Å². The summed E-state index contributed by atoms with van der Waals surface area (Å²) in [4.78, 5) is 13.9. The molecule has 1 N–H and O–H groups in total. The van der Waals surface area contributed by atoms with E-state index in [1.807, 2.05) is 26.0 Å². The molecule has 3 rings (SSSR count). The second-order valence-corrected chi connectivity index (χ2v) is 8.77. The highest BCUT2D eigenvalue weighted by molar-refractivity contribution is 7.16. The van der Waals surface area contributed by atoms with Gasteiger partial charge in [0.15, 0.2) is 6.10 Å². The number of hydrogen-bond donors (Lipinski definition) is 1. The van der Waals surface area contributed by atoms with Crippen molar-refractivity contribution in [3.05, 3.63) is 44.3 Å². The number of carbonyl (C=O) groups is 1. The van der Waals surface area contributed by atoms with Gasteiger partial charge in [0.05, 0.1) is 5.56 Å². The fourth-order valence-electron chi connectivity index (χ4n) is 3.40. The van der Waals surface area contributed by atoms with E-state index in [-0.39, 0.29) is 5.91 Å². The first-order valence-corrected chi connectivity index (χ1v) is 10.3. The zero-order chi connectivity index (χ0) is 19.7. The van der Waals surface area contributed by atoms with Crippen molar-refractivity contribution >= 4 is 33.8 Å². The largest absolute Gasteiger partial charge is 0.481 e. The van der Waals surface area contributed by atoms with Gasteiger partial charge in [0, 0.05) is 9.90 Å². The van der Waals surface area contributed by atoms with E-state index < -0.39 is 6.10 Å². The molecule has 0 radical (unpaired) electrons. The molecular formula is C21H23ClN2O2S. The van der Waals surface area contributed by atoms with Gasteiger partial charge in [-0.05, 0) is 74.8 Å². The highest BCUT2D eigenvalue weighted by atomic mass is 35.5. The number of hydrogen-bond acceptors (Lipinski definition) is 4. The highest BCUT2D eigenvalue weighted by Crippen LogP contribution is 2.39. The normalized spacial score (nSPS) is 17.0. The number of nitrogens with one attached hydrogen (secondary N) is 1. The first-order valence-electron chi connectivity index (χ1n) is 9.09. The van der Waals surface area contributed by atoms with Gasteiger partial charge in [-0.3, -0.25) is 4.79 Å². The van der Waals surface area contributed by atoms with Crippen LogP contribution in [0.4, 0.5) is 5.00 Å². The van der Waals surface area contributed by atoms with E-state index in [9.17, 15) is 10.1 Å². The smallest absolute Gasteiger partial charge is 0.265 e. The van der Waals surface area contributed by atoms with Crippen molar-refractivity contribution in [1.82, 2.24) is 0 Å². The molecular weight excluding hydrogens is 380 g/mol. The maximum absolute atomic E-state index is 12.6. The van der Waals surface area contributed by atoms with E-state index in [0.29, 0.717) is 27.3 Å². The Balaban J connectivity index is 1.75. The number of amides is 1. The molecule has 2 aromatic rings. The third-order valence-corrected chi connectivity index (χ3v) is 6.72. The number of ether oxygens (including phenoxy) is 1. The number of thiophene rings is 1. The molecule has 1 aliphatic rings. The molecule has 0 aliphatic heterocycles. The molecule has 0 saturated heterocycles. The van der Waals surface area contributed by atoms with Gasteiger partial charge in [-0.1, -0.05) is 18.5 Å². The zero-order valence-electron chi connectivity index (χ0n) is 16.0. The molecule has 0 bridgehead atoms. The molecule has 0 spiro atoms. The summed E-state index contributed by atoms with van der Waals surface area (Å²) in [6.45, 7) is 7.74. The fourth-order valence-corrected chi connectivity index (χ4v) is 4.88. The molecule has 1 aliphatic carbocycles. The Morgan fingerprint density at radius 3 is 2.70 bits per heavy atom. The molecule has 1 aromatic heterocycles. The Hall–Kier alpha value is -2.03. The van der Waals surface area contributed by atoms with Gasteiger partial charge < -0.3 is 10.1 Å². The van der Waals surface area contributed by atoms with Crippen molar-refractivity contribution in [3.8, 4) is 11.8 Å². The molecule has 2 atom stereocenters. The number of anilines is 1. The number of aryl methyl sites for hydroxylation is 2. The lowest BCUT2D eigenvalue weighted by molar-refractivity contribution is -0.122. The van der Waals surface area contributed by atoms with Crippen molar-refractivity contribution in [2.75, 3.05) is 5.32 Å². The van der Waals surface area contributed by atoms with Crippen molar-refractivity contribution in [3.63, 3.8) is 0 Å². The molecule has 0 saturated carbocycles. The monoisotopic (exact) mass is 402 g/mol. The average Bonchev–Trinajstić information content (AvgIpc) is 2.95. The summed E-state index contributed by atoms with van der Waals surface area (Å²) < 4.78 is 5.81. The first-order chi connectivity index (χ1) is 12.8. The summed E-state index contributed by atoms with van der Waals surface area (Å²) in [5.74, 6) is 0.963. The maximum atomic E-state index is 12.6. The second-order valence-electron chi connectivity index (χ2n) is 7.29. The van der Waals surface area contributed by atoms with E-state index in [2.05, 4.69) is 18.3 Å². The second kappa shape index (κ2) is 7.92. The molecule has 0 fully saturated rings. The standard InChI is InChI=1S/C21H23ClN2O2S/c1-11-5-6-16-17(10-23)21(27-18(16)7-11)24-20(25)14(4)26-15-8-12(2)19(22)13(3)9-15/h8-9,11,14H,5-7H2,1-4H3,(H,24,25). The molecule has 6 heteroatoms. The predicted octanol–water partition coefficient (Wildman–Crippen LogP) is 5.42. The molecule has 27 heavy (non-hydrogen) atoms. The Morgan fingerprint density at radius 2 is 2.07 bits per heavy atom. The van der Waals surface area contributed by atoms with Crippen molar-refractivity contribution in [1.29, 1.82) is 5.26 Å². The Bertz CT molecular complexity index is 906. The lowest BCUT2D eigenvalue weighted by atomic mass is 9.88. The lowest BCUT2D eigenvalue weighted by Gasteiger charge is -2.17. The van der Waals surface area contributed by atoms with E-state index >= 15 is 0 Å². The van der Waals surface area contributed by atoms with Gasteiger partial charge in [0.25, 0.3) is 5.91 Å². The van der Waals surface area contributed by atoms with Crippen molar-refractivity contribution in [2.45, 2.75) is 53.1 Å². The number of carbonyl (C=O) groups excluding carboxylic acids is 1. The summed E-state index contributed by atoms with van der Waals surface area (Å²) in [7, 11) is 0. The minimum atomic E-state index is -0.686. The number of rotatable bonds is 4. The zero-order valence-corrected chi connectivity index (χ0v) is 17.6. The third-order valence-electron chi connectivity index (χ3n) is 4.95. The molecule has 1 amide bonds. The van der Waals surface area contributed by atoms with E-state index in [1.54, 1.807) is 6.92 Å². The van der Waals surface area contributed by atoms with Gasteiger partial charge in [0.1, 0.15) is 16.8 Å². The molecule has 1 aromatic carbocycles. The van der Waals surface area contributed by atoms with Gasteiger partial charge in [-0.15, -0.1) is 11.3 Å². The van der Waals surface area contributed by atoms with Crippen LogP contribution in [0.1, 0.15) is 47.4 Å². The Labute approximate surface area is 169 Å². The van der Waals surface area contributed by atoms with E-state index in [0.717, 1.165) is 36.0 Å². The quantitative estimate of drug-likeness (QED) is 0.742. The number of halogens is 1. The van der Waals surface area contributed by atoms with E-state index in [4.69, 9.17) is 16.3 Å². The van der Waals surface area contributed by atoms with Crippen LogP contribution in [0.15, 0.2) is 12.1 Å². The van der Waals surface area contributed by atoms with Crippen LogP contribution in [-0.4, -0.2) is 12.0 Å². The first kappa shape index (κ1) is 19.7. The Kier molecular flexibility index (Phi) is 5.78. The molecule has 142 valence electrons. The number of nitriles is 1.